The van der Waals surface area contributed by atoms with Crippen molar-refractivity contribution in [3.05, 3.63) is 48.6 Å². The molecule has 0 bridgehead atoms. The first-order valence-electron chi connectivity index (χ1n) is 36.1. The molecule has 0 aromatic heterocycles. The molecule has 0 rings (SSSR count). The second kappa shape index (κ2) is 69.9. The van der Waals surface area contributed by atoms with Crippen molar-refractivity contribution in [1.82, 2.24) is 0 Å². The van der Waals surface area contributed by atoms with Crippen LogP contribution < -0.4 is 0 Å². The Morgan fingerprint density at radius 2 is 0.444 bits per heavy atom. The zero-order chi connectivity index (χ0) is 58.5. The minimum absolute atomic E-state index is 0.0758. The van der Waals surface area contributed by atoms with Crippen molar-refractivity contribution in [1.29, 1.82) is 0 Å². The number of carbonyl (C=O) groups excluding carboxylic acids is 3. The molecule has 0 radical (unpaired) electrons. The van der Waals surface area contributed by atoms with E-state index in [-0.39, 0.29) is 31.1 Å². The largest absolute Gasteiger partial charge is 0.462 e. The Bertz CT molecular complexity index is 1400. The van der Waals surface area contributed by atoms with Crippen molar-refractivity contribution in [2.75, 3.05) is 13.2 Å². The summed E-state index contributed by atoms with van der Waals surface area (Å²) in [6.07, 6.45) is 88.5. The van der Waals surface area contributed by atoms with Crippen LogP contribution in [0, 0.1) is 0 Å². The van der Waals surface area contributed by atoms with Crippen LogP contribution in [-0.2, 0) is 28.6 Å². The summed E-state index contributed by atoms with van der Waals surface area (Å²) in [4.78, 5) is 38.5. The molecule has 1 unspecified atom stereocenters. The zero-order valence-corrected chi connectivity index (χ0v) is 54.6. The summed E-state index contributed by atoms with van der Waals surface area (Å²) in [6.45, 7) is 6.67. The fourth-order valence-corrected chi connectivity index (χ4v) is 10.9. The van der Waals surface area contributed by atoms with Gasteiger partial charge in [-0.05, 0) is 83.5 Å². The quantitative estimate of drug-likeness (QED) is 0.0261. The minimum atomic E-state index is -0.782. The van der Waals surface area contributed by atoms with E-state index in [0.29, 0.717) is 19.3 Å². The normalized spacial score (nSPS) is 12.3. The first kappa shape index (κ1) is 78.4. The van der Waals surface area contributed by atoms with Gasteiger partial charge in [0.2, 0.25) is 0 Å². The van der Waals surface area contributed by atoms with Crippen molar-refractivity contribution < 1.29 is 28.6 Å². The van der Waals surface area contributed by atoms with E-state index in [2.05, 4.69) is 69.4 Å². The highest BCUT2D eigenvalue weighted by molar-refractivity contribution is 5.71. The third kappa shape index (κ3) is 68.0. The van der Waals surface area contributed by atoms with Crippen LogP contribution in [0.5, 0.6) is 0 Å². The van der Waals surface area contributed by atoms with Crippen LogP contribution in [0.15, 0.2) is 48.6 Å². The molecular formula is C75H138O6. The predicted octanol–water partition coefficient (Wildman–Crippen LogP) is 24.9. The van der Waals surface area contributed by atoms with Crippen molar-refractivity contribution in [2.24, 2.45) is 0 Å². The second-order valence-corrected chi connectivity index (χ2v) is 24.5. The van der Waals surface area contributed by atoms with Gasteiger partial charge in [0.05, 0.1) is 0 Å². The van der Waals surface area contributed by atoms with Crippen LogP contribution in [0.2, 0.25) is 0 Å². The Labute approximate surface area is 505 Å². The first-order chi connectivity index (χ1) is 40.0. The van der Waals surface area contributed by atoms with Gasteiger partial charge in [-0.3, -0.25) is 14.4 Å². The van der Waals surface area contributed by atoms with Gasteiger partial charge >= 0.3 is 17.9 Å². The monoisotopic (exact) mass is 1140 g/mol. The SMILES string of the molecule is CCCCC/C=C\C/C=C\C/C=C\CCCCCCCCC(=O)OC(COC(=O)CCCCCCCCC/C=C\CCCCCCCCC)COC(=O)CCCCCCCCCCCCCCCCCCCCCCCCCCCC. The average Bonchev–Trinajstić information content (AvgIpc) is 3.47. The lowest BCUT2D eigenvalue weighted by Gasteiger charge is -2.18. The van der Waals surface area contributed by atoms with Crippen LogP contribution in [0.4, 0.5) is 0 Å². The van der Waals surface area contributed by atoms with Gasteiger partial charge in [-0.25, -0.2) is 0 Å². The Balaban J connectivity index is 4.30. The number of ether oxygens (including phenoxy) is 3. The average molecular weight is 1140 g/mol. The summed E-state index contributed by atoms with van der Waals surface area (Å²) in [7, 11) is 0. The highest BCUT2D eigenvalue weighted by Crippen LogP contribution is 2.18. The molecule has 0 aromatic rings. The van der Waals surface area contributed by atoms with Crippen LogP contribution >= 0.6 is 0 Å². The first-order valence-corrected chi connectivity index (χ1v) is 36.1. The van der Waals surface area contributed by atoms with Crippen molar-refractivity contribution in [2.45, 2.75) is 399 Å². The predicted molar refractivity (Wildman–Crippen MR) is 353 cm³/mol. The van der Waals surface area contributed by atoms with Gasteiger partial charge in [-0.1, -0.05) is 339 Å². The molecule has 0 aromatic carbocycles. The summed E-state index contributed by atoms with van der Waals surface area (Å²) in [5.41, 5.74) is 0. The van der Waals surface area contributed by atoms with Crippen LogP contribution in [-0.4, -0.2) is 37.2 Å². The molecule has 474 valence electrons. The van der Waals surface area contributed by atoms with Gasteiger partial charge in [0.15, 0.2) is 6.10 Å². The summed E-state index contributed by atoms with van der Waals surface area (Å²) in [5.74, 6) is -0.866. The van der Waals surface area contributed by atoms with Gasteiger partial charge < -0.3 is 14.2 Å². The number of unbranched alkanes of at least 4 members (excludes halogenated alkanes) is 48. The van der Waals surface area contributed by atoms with E-state index in [1.165, 1.54) is 276 Å². The summed E-state index contributed by atoms with van der Waals surface area (Å²) in [6, 6.07) is 0. The van der Waals surface area contributed by atoms with Gasteiger partial charge in [-0.2, -0.15) is 0 Å². The molecule has 0 aliphatic rings. The number of esters is 3. The van der Waals surface area contributed by atoms with Crippen LogP contribution in [0.3, 0.4) is 0 Å². The maximum atomic E-state index is 13.0. The molecule has 0 spiro atoms. The number of rotatable bonds is 67. The minimum Gasteiger partial charge on any atom is -0.462 e. The Kier molecular flexibility index (Phi) is 67.6. The number of hydrogen-bond acceptors (Lipinski definition) is 6. The van der Waals surface area contributed by atoms with Crippen molar-refractivity contribution in [3.8, 4) is 0 Å². The van der Waals surface area contributed by atoms with Gasteiger partial charge in [0, 0.05) is 19.3 Å². The molecule has 0 saturated carbocycles. The molecule has 0 aliphatic carbocycles. The Morgan fingerprint density at radius 3 is 0.728 bits per heavy atom. The topological polar surface area (TPSA) is 78.9 Å². The standard InChI is InChI=1S/C75H138O6/c1-4-7-10-13-16-19-22-25-28-31-34-35-36-37-38-39-40-42-44-47-50-53-56-59-62-65-68-74(77)80-71-72(70-79-73(76)67-64-61-58-55-52-49-46-43-33-30-27-24-21-18-15-12-9-6-3)81-75(78)69-66-63-60-57-54-51-48-45-41-32-29-26-23-20-17-14-11-8-5-2/h17,20,26,29-30,33,41,45,72H,4-16,18-19,21-25,27-28,31-32,34-40,42-44,46-71H2,1-3H3/b20-17-,29-26-,33-30-,45-41-. The molecule has 0 aliphatic heterocycles. The lowest BCUT2D eigenvalue weighted by molar-refractivity contribution is -0.167. The molecule has 1 atom stereocenters. The van der Waals surface area contributed by atoms with E-state index in [1.807, 2.05) is 0 Å². The molecule has 6 nitrogen and oxygen atoms in total. The summed E-state index contributed by atoms with van der Waals surface area (Å²) >= 11 is 0. The van der Waals surface area contributed by atoms with Crippen molar-refractivity contribution in [3.63, 3.8) is 0 Å². The maximum Gasteiger partial charge on any atom is 0.306 e. The Hall–Kier alpha value is -2.63. The highest BCUT2D eigenvalue weighted by Gasteiger charge is 2.19. The summed E-state index contributed by atoms with van der Waals surface area (Å²) in [5, 5.41) is 0. The fraction of sp³-hybridized carbons (Fsp3) is 0.853. The molecular weight excluding hydrogens is 997 g/mol. The maximum absolute atomic E-state index is 13.0. The third-order valence-corrected chi connectivity index (χ3v) is 16.3. The van der Waals surface area contributed by atoms with Crippen molar-refractivity contribution >= 4 is 17.9 Å². The Morgan fingerprint density at radius 1 is 0.247 bits per heavy atom. The lowest BCUT2D eigenvalue weighted by Crippen LogP contribution is -2.30. The molecule has 0 amide bonds. The zero-order valence-electron chi connectivity index (χ0n) is 54.6. The number of allylic oxidation sites excluding steroid dienone is 8. The number of hydrogen-bond donors (Lipinski definition) is 0. The molecule has 0 heterocycles. The molecule has 0 fully saturated rings. The molecule has 0 saturated heterocycles. The van der Waals surface area contributed by atoms with E-state index >= 15 is 0 Å². The van der Waals surface area contributed by atoms with Gasteiger partial charge in [0.1, 0.15) is 13.2 Å². The van der Waals surface area contributed by atoms with Gasteiger partial charge in [-0.15, -0.1) is 0 Å². The smallest absolute Gasteiger partial charge is 0.306 e. The van der Waals surface area contributed by atoms with Crippen LogP contribution in [0.25, 0.3) is 0 Å². The lowest BCUT2D eigenvalue weighted by atomic mass is 10.0. The third-order valence-electron chi connectivity index (χ3n) is 16.3. The fourth-order valence-electron chi connectivity index (χ4n) is 10.9. The van der Waals surface area contributed by atoms with E-state index < -0.39 is 6.10 Å². The molecule has 81 heavy (non-hydrogen) atoms. The highest BCUT2D eigenvalue weighted by atomic mass is 16.6. The van der Waals surface area contributed by atoms with E-state index in [1.54, 1.807) is 0 Å². The molecule has 6 heteroatoms. The van der Waals surface area contributed by atoms with Crippen LogP contribution in [0.1, 0.15) is 393 Å². The summed E-state index contributed by atoms with van der Waals surface area (Å²) < 4.78 is 17.0. The molecule has 0 N–H and O–H groups in total. The number of carbonyl (C=O) groups is 3. The van der Waals surface area contributed by atoms with E-state index in [4.69, 9.17) is 14.2 Å². The van der Waals surface area contributed by atoms with E-state index in [9.17, 15) is 14.4 Å². The van der Waals surface area contributed by atoms with Gasteiger partial charge in [0.25, 0.3) is 0 Å². The second-order valence-electron chi connectivity index (χ2n) is 24.5. The van der Waals surface area contributed by atoms with E-state index in [0.717, 1.165) is 77.0 Å².